The molecule has 1 aromatic carbocycles. The third kappa shape index (κ3) is 2.66. The first kappa shape index (κ1) is 14.9. The minimum Gasteiger partial charge on any atom is -0.317 e. The third-order valence-corrected chi connectivity index (χ3v) is 4.67. The summed E-state index contributed by atoms with van der Waals surface area (Å²) in [6, 6.07) is 3.73. The van der Waals surface area contributed by atoms with Gasteiger partial charge in [-0.05, 0) is 33.4 Å². The van der Waals surface area contributed by atoms with Gasteiger partial charge in [-0.3, -0.25) is 10.1 Å². The number of hydrogen-bond acceptors (Lipinski definition) is 5. The van der Waals surface area contributed by atoms with Gasteiger partial charge in [0.25, 0.3) is 5.69 Å². The second-order valence-electron chi connectivity index (χ2n) is 4.96. The maximum absolute atomic E-state index is 11.4. The molecule has 0 spiro atoms. The smallest absolute Gasteiger partial charge is 0.274 e. The van der Waals surface area contributed by atoms with Crippen LogP contribution in [0.2, 0.25) is 0 Å². The Morgan fingerprint density at radius 2 is 2.20 bits per heavy atom. The molecule has 1 N–H and O–H groups in total. The van der Waals surface area contributed by atoms with E-state index in [0.29, 0.717) is 0 Å². The van der Waals surface area contributed by atoms with Crippen LogP contribution in [0.5, 0.6) is 0 Å². The standard InChI is InChI=1S/C14H19N3O2S/c1-5-10(8(2)15-4)11-6-12-14(20-9(3)16-12)7-13(11)17(18)19/h6-8,10,15H,5H2,1-4H3. The molecule has 5 nitrogen and oxygen atoms in total. The molecule has 0 aliphatic rings. The van der Waals surface area contributed by atoms with Gasteiger partial charge < -0.3 is 5.32 Å². The van der Waals surface area contributed by atoms with E-state index >= 15 is 0 Å². The zero-order valence-electron chi connectivity index (χ0n) is 12.1. The molecule has 2 aromatic rings. The summed E-state index contributed by atoms with van der Waals surface area (Å²) in [5, 5.41) is 15.5. The van der Waals surface area contributed by atoms with Gasteiger partial charge >= 0.3 is 0 Å². The zero-order chi connectivity index (χ0) is 14.9. The van der Waals surface area contributed by atoms with Gasteiger partial charge in [-0.25, -0.2) is 4.98 Å². The summed E-state index contributed by atoms with van der Waals surface area (Å²) >= 11 is 1.49. The van der Waals surface area contributed by atoms with E-state index in [9.17, 15) is 10.1 Å². The number of aryl methyl sites for hydroxylation is 1. The van der Waals surface area contributed by atoms with Crippen LogP contribution >= 0.6 is 11.3 Å². The predicted molar refractivity (Wildman–Crippen MR) is 82.6 cm³/mol. The molecule has 20 heavy (non-hydrogen) atoms. The first-order valence-electron chi connectivity index (χ1n) is 6.70. The normalized spacial score (nSPS) is 14.4. The maximum atomic E-state index is 11.4. The van der Waals surface area contributed by atoms with E-state index < -0.39 is 0 Å². The highest BCUT2D eigenvalue weighted by Crippen LogP contribution is 2.36. The van der Waals surface area contributed by atoms with Crippen molar-refractivity contribution in [1.29, 1.82) is 0 Å². The second kappa shape index (κ2) is 5.85. The summed E-state index contributed by atoms with van der Waals surface area (Å²) in [7, 11) is 1.88. The predicted octanol–water partition coefficient (Wildman–Crippen LogP) is 3.61. The molecule has 2 atom stereocenters. The van der Waals surface area contributed by atoms with E-state index in [0.717, 1.165) is 27.2 Å². The summed E-state index contributed by atoms with van der Waals surface area (Å²) < 4.78 is 0.880. The summed E-state index contributed by atoms with van der Waals surface area (Å²) in [4.78, 5) is 15.5. The number of nitro groups is 1. The van der Waals surface area contributed by atoms with E-state index in [4.69, 9.17) is 0 Å². The third-order valence-electron chi connectivity index (χ3n) is 3.74. The minimum atomic E-state index is -0.283. The lowest BCUT2D eigenvalue weighted by molar-refractivity contribution is -0.385. The first-order chi connectivity index (χ1) is 9.47. The maximum Gasteiger partial charge on any atom is 0.274 e. The molecular formula is C14H19N3O2S. The van der Waals surface area contributed by atoms with Gasteiger partial charge in [0.05, 0.1) is 20.1 Å². The molecule has 0 aliphatic carbocycles. The molecule has 0 radical (unpaired) electrons. The molecule has 2 unspecified atom stereocenters. The number of likely N-dealkylation sites (N-methyl/N-ethyl adjacent to an activating group) is 1. The average Bonchev–Trinajstić information content (AvgIpc) is 2.77. The van der Waals surface area contributed by atoms with Gasteiger partial charge in [0.2, 0.25) is 0 Å². The van der Waals surface area contributed by atoms with Gasteiger partial charge in [0, 0.05) is 23.6 Å². The van der Waals surface area contributed by atoms with Crippen LogP contribution in [-0.2, 0) is 0 Å². The Hall–Kier alpha value is -1.53. The monoisotopic (exact) mass is 293 g/mol. The highest BCUT2D eigenvalue weighted by Gasteiger charge is 2.26. The van der Waals surface area contributed by atoms with Crippen molar-refractivity contribution in [2.45, 2.75) is 39.2 Å². The van der Waals surface area contributed by atoms with E-state index in [1.165, 1.54) is 11.3 Å². The number of fused-ring (bicyclic) bond motifs is 1. The summed E-state index contributed by atoms with van der Waals surface area (Å²) in [6.45, 7) is 6.02. The number of nitrogens with one attached hydrogen (secondary N) is 1. The second-order valence-corrected chi connectivity index (χ2v) is 6.20. The number of benzene rings is 1. The van der Waals surface area contributed by atoms with Gasteiger partial charge in [-0.2, -0.15) is 0 Å². The zero-order valence-corrected chi connectivity index (χ0v) is 13.0. The van der Waals surface area contributed by atoms with E-state index in [1.807, 2.05) is 27.0 Å². The molecule has 1 heterocycles. The summed E-state index contributed by atoms with van der Waals surface area (Å²) in [5.74, 6) is 0.104. The molecule has 0 fully saturated rings. The van der Waals surface area contributed by atoms with Crippen molar-refractivity contribution in [2.24, 2.45) is 0 Å². The number of rotatable bonds is 5. The van der Waals surface area contributed by atoms with Crippen LogP contribution < -0.4 is 5.32 Å². The highest BCUT2D eigenvalue weighted by molar-refractivity contribution is 7.18. The van der Waals surface area contributed by atoms with Gasteiger partial charge in [-0.1, -0.05) is 6.92 Å². The fraction of sp³-hybridized carbons (Fsp3) is 0.500. The van der Waals surface area contributed by atoms with Crippen molar-refractivity contribution >= 4 is 27.2 Å². The molecule has 108 valence electrons. The van der Waals surface area contributed by atoms with E-state index in [-0.39, 0.29) is 22.6 Å². The minimum absolute atomic E-state index is 0.104. The quantitative estimate of drug-likeness (QED) is 0.675. The van der Waals surface area contributed by atoms with Crippen LogP contribution in [-0.4, -0.2) is 23.0 Å². The fourth-order valence-electron chi connectivity index (χ4n) is 2.59. The molecule has 0 bridgehead atoms. The van der Waals surface area contributed by atoms with Crippen molar-refractivity contribution in [3.8, 4) is 0 Å². The average molecular weight is 293 g/mol. The molecule has 0 amide bonds. The molecule has 0 saturated carbocycles. The molecule has 1 aromatic heterocycles. The van der Waals surface area contributed by atoms with Gasteiger partial charge in [0.15, 0.2) is 0 Å². The highest BCUT2D eigenvalue weighted by atomic mass is 32.1. The van der Waals surface area contributed by atoms with Gasteiger partial charge in [0.1, 0.15) is 0 Å². The fourth-order valence-corrected chi connectivity index (χ4v) is 3.44. The number of aromatic nitrogens is 1. The molecule has 6 heteroatoms. The lowest BCUT2D eigenvalue weighted by Crippen LogP contribution is -2.29. The SMILES string of the molecule is CCC(c1cc2nc(C)sc2cc1[N+](=O)[O-])C(C)NC. The van der Waals surface area contributed by atoms with Crippen LogP contribution in [0.3, 0.4) is 0 Å². The largest absolute Gasteiger partial charge is 0.317 e. The Balaban J connectivity index is 2.64. The molecule has 0 aliphatic heterocycles. The molecule has 2 rings (SSSR count). The number of thiazole rings is 1. The molecular weight excluding hydrogens is 274 g/mol. The number of nitro benzene ring substituents is 1. The van der Waals surface area contributed by atoms with Crippen LogP contribution in [0.25, 0.3) is 10.2 Å². The van der Waals surface area contributed by atoms with Crippen LogP contribution in [0.4, 0.5) is 5.69 Å². The van der Waals surface area contributed by atoms with Crippen LogP contribution in [0, 0.1) is 17.0 Å². The Bertz CT molecular complexity index is 639. The van der Waals surface area contributed by atoms with E-state index in [2.05, 4.69) is 17.2 Å². The Kier molecular flexibility index (Phi) is 4.35. The van der Waals surface area contributed by atoms with Gasteiger partial charge in [-0.15, -0.1) is 11.3 Å². The Labute approximate surface area is 122 Å². The van der Waals surface area contributed by atoms with E-state index in [1.54, 1.807) is 6.07 Å². The van der Waals surface area contributed by atoms with Crippen molar-refractivity contribution in [3.63, 3.8) is 0 Å². The van der Waals surface area contributed by atoms with Crippen molar-refractivity contribution < 1.29 is 4.92 Å². The Morgan fingerprint density at radius 3 is 2.75 bits per heavy atom. The lowest BCUT2D eigenvalue weighted by Gasteiger charge is -2.22. The first-order valence-corrected chi connectivity index (χ1v) is 7.52. The van der Waals surface area contributed by atoms with Crippen LogP contribution in [0.15, 0.2) is 12.1 Å². The number of hydrogen-bond donors (Lipinski definition) is 1. The lowest BCUT2D eigenvalue weighted by atomic mass is 9.88. The Morgan fingerprint density at radius 1 is 1.50 bits per heavy atom. The van der Waals surface area contributed by atoms with Crippen molar-refractivity contribution in [2.75, 3.05) is 7.05 Å². The van der Waals surface area contributed by atoms with Crippen molar-refractivity contribution in [1.82, 2.24) is 10.3 Å². The molecule has 0 saturated heterocycles. The van der Waals surface area contributed by atoms with Crippen LogP contribution in [0.1, 0.15) is 36.8 Å². The number of nitrogens with zero attached hydrogens (tertiary/aromatic N) is 2. The summed E-state index contributed by atoms with van der Waals surface area (Å²) in [6.07, 6.45) is 0.845. The summed E-state index contributed by atoms with van der Waals surface area (Å²) in [5.41, 5.74) is 1.84. The van der Waals surface area contributed by atoms with Crippen molar-refractivity contribution in [3.05, 3.63) is 32.8 Å². The topological polar surface area (TPSA) is 68.1 Å².